The van der Waals surface area contributed by atoms with Crippen LogP contribution >= 0.6 is 0 Å². The molecule has 0 aliphatic carbocycles. The van der Waals surface area contributed by atoms with Crippen LogP contribution in [0, 0.1) is 17.1 Å². The zero-order valence-electron chi connectivity index (χ0n) is 23.4. The van der Waals surface area contributed by atoms with Crippen molar-refractivity contribution in [2.45, 2.75) is 38.5 Å². The van der Waals surface area contributed by atoms with Gasteiger partial charge in [-0.1, -0.05) is 12.1 Å². The van der Waals surface area contributed by atoms with E-state index in [1.54, 1.807) is 16.9 Å². The zero-order valence-corrected chi connectivity index (χ0v) is 23.4. The van der Waals surface area contributed by atoms with Gasteiger partial charge in [0.15, 0.2) is 0 Å². The maximum absolute atomic E-state index is 13.4. The Balaban J connectivity index is 1.17. The lowest BCUT2D eigenvalue weighted by Gasteiger charge is -2.50. The number of rotatable bonds is 6. The summed E-state index contributed by atoms with van der Waals surface area (Å²) in [6.45, 7) is 7.76. The molecule has 10 nitrogen and oxygen atoms in total. The van der Waals surface area contributed by atoms with E-state index in [1.165, 1.54) is 12.1 Å². The fraction of sp³-hybridized carbons (Fsp3) is 0.323. The molecule has 11 heteroatoms. The Hall–Kier alpha value is -4.66. The van der Waals surface area contributed by atoms with E-state index in [2.05, 4.69) is 39.9 Å². The minimum atomic E-state index is -0.219. The second-order valence-corrected chi connectivity index (χ2v) is 11.2. The summed E-state index contributed by atoms with van der Waals surface area (Å²) in [5.41, 5.74) is 5.23. The smallest absolute Gasteiger partial charge is 0.128 e. The fourth-order valence-corrected chi connectivity index (χ4v) is 5.88. The van der Waals surface area contributed by atoms with Crippen LogP contribution in [0.2, 0.25) is 0 Å². The number of morpholine rings is 1. The maximum Gasteiger partial charge on any atom is 0.128 e. The van der Waals surface area contributed by atoms with E-state index in [9.17, 15) is 9.65 Å². The molecule has 1 aromatic carbocycles. The topological polar surface area (TPSA) is 100 Å². The molecule has 2 unspecified atom stereocenters. The van der Waals surface area contributed by atoms with Gasteiger partial charge in [0.1, 0.15) is 28.8 Å². The molecule has 42 heavy (non-hydrogen) atoms. The van der Waals surface area contributed by atoms with Crippen LogP contribution in [0.5, 0.6) is 0 Å². The lowest BCUT2D eigenvalue weighted by atomic mass is 10.0. The van der Waals surface area contributed by atoms with E-state index >= 15 is 0 Å². The molecule has 4 aromatic heterocycles. The number of ether oxygens (including phenoxy) is 1. The molecule has 2 aliphatic rings. The largest absolute Gasteiger partial charge is 0.378 e. The summed E-state index contributed by atoms with van der Waals surface area (Å²) in [6, 6.07) is 13.7. The Morgan fingerprint density at radius 1 is 0.976 bits per heavy atom. The van der Waals surface area contributed by atoms with E-state index in [-0.39, 0.29) is 23.9 Å². The molecule has 6 heterocycles. The Morgan fingerprint density at radius 2 is 1.76 bits per heavy atom. The van der Waals surface area contributed by atoms with Crippen LogP contribution in [0.15, 0.2) is 67.4 Å². The van der Waals surface area contributed by atoms with Crippen LogP contribution in [-0.2, 0) is 11.3 Å². The van der Waals surface area contributed by atoms with Crippen LogP contribution in [-0.4, -0.2) is 72.6 Å². The molecule has 2 fully saturated rings. The summed E-state index contributed by atoms with van der Waals surface area (Å²) >= 11 is 0. The van der Waals surface area contributed by atoms with Crippen molar-refractivity contribution >= 4 is 11.3 Å². The van der Waals surface area contributed by atoms with Crippen LogP contribution in [0.1, 0.15) is 31.0 Å². The van der Waals surface area contributed by atoms with Crippen LogP contribution in [0.4, 0.5) is 10.2 Å². The molecule has 0 saturated carbocycles. The second-order valence-electron chi connectivity index (χ2n) is 11.2. The summed E-state index contributed by atoms with van der Waals surface area (Å²) in [5, 5.41) is 18.7. The van der Waals surface area contributed by atoms with Crippen molar-refractivity contribution in [2.75, 3.05) is 31.2 Å². The van der Waals surface area contributed by atoms with Gasteiger partial charge in [-0.3, -0.25) is 9.58 Å². The van der Waals surface area contributed by atoms with Crippen molar-refractivity contribution < 1.29 is 9.13 Å². The summed E-state index contributed by atoms with van der Waals surface area (Å²) in [5.74, 6) is 0.667. The number of halogens is 1. The van der Waals surface area contributed by atoms with Crippen molar-refractivity contribution in [3.8, 4) is 28.6 Å². The van der Waals surface area contributed by atoms with Gasteiger partial charge in [0.05, 0.1) is 55.3 Å². The highest BCUT2D eigenvalue weighted by Crippen LogP contribution is 2.31. The molecule has 212 valence electrons. The standard InChI is InChI=1S/C31H30FN9O/c1-20(2)40-14-24(12-35-40)28-17-41-31(23(9-33)11-36-41)30(37-28)22-5-8-29(34-10-22)38-15-26-18-42-19-27(16-38)39(26)13-21-3-6-25(32)7-4-21/h3-8,10-12,14,17,20,26-27H,13,15-16,18-19H2,1-2H3. The molecule has 5 aromatic rings. The lowest BCUT2D eigenvalue weighted by molar-refractivity contribution is -0.0620. The van der Waals surface area contributed by atoms with Crippen LogP contribution < -0.4 is 4.90 Å². The SMILES string of the molecule is CC(C)n1cc(-c2cn3ncc(C#N)c3c(-c3ccc(N4CC5COCC(C4)N5Cc4ccc(F)cc4)nc3)n2)cn1. The average Bonchev–Trinajstić information content (AvgIpc) is 3.66. The van der Waals surface area contributed by atoms with Gasteiger partial charge < -0.3 is 9.64 Å². The van der Waals surface area contributed by atoms with Gasteiger partial charge in [0.25, 0.3) is 0 Å². The number of pyridine rings is 1. The number of benzene rings is 1. The summed E-state index contributed by atoms with van der Waals surface area (Å²) in [7, 11) is 0. The highest BCUT2D eigenvalue weighted by atomic mass is 19.1. The molecular formula is C31H30FN9O. The number of nitriles is 1. The quantitative estimate of drug-likeness (QED) is 0.301. The van der Waals surface area contributed by atoms with Crippen molar-refractivity contribution in [3.63, 3.8) is 0 Å². The molecule has 0 spiro atoms. The molecule has 7 rings (SSSR count). The monoisotopic (exact) mass is 563 g/mol. The minimum Gasteiger partial charge on any atom is -0.378 e. The van der Waals surface area contributed by atoms with E-state index in [0.29, 0.717) is 35.7 Å². The van der Waals surface area contributed by atoms with Gasteiger partial charge >= 0.3 is 0 Å². The van der Waals surface area contributed by atoms with Gasteiger partial charge in [-0.25, -0.2) is 18.9 Å². The molecule has 2 bridgehead atoms. The van der Waals surface area contributed by atoms with Crippen LogP contribution in [0.3, 0.4) is 0 Å². The third-order valence-electron chi connectivity index (χ3n) is 8.09. The first-order valence-corrected chi connectivity index (χ1v) is 14.1. The fourth-order valence-electron chi connectivity index (χ4n) is 5.88. The first-order valence-electron chi connectivity index (χ1n) is 14.1. The van der Waals surface area contributed by atoms with Crippen LogP contribution in [0.25, 0.3) is 28.0 Å². The minimum absolute atomic E-state index is 0.207. The Kier molecular flexibility index (Phi) is 6.64. The highest BCUT2D eigenvalue weighted by Gasteiger charge is 2.38. The molecule has 2 atom stereocenters. The number of hydrogen-bond donors (Lipinski definition) is 0. The van der Waals surface area contributed by atoms with Gasteiger partial charge in [0, 0.05) is 49.2 Å². The first kappa shape index (κ1) is 26.3. The van der Waals surface area contributed by atoms with Gasteiger partial charge in [-0.2, -0.15) is 15.5 Å². The van der Waals surface area contributed by atoms with Crippen molar-refractivity contribution in [2.24, 2.45) is 0 Å². The summed E-state index contributed by atoms with van der Waals surface area (Å²) < 4.78 is 22.9. The maximum atomic E-state index is 13.4. The number of piperazine rings is 1. The number of aromatic nitrogens is 6. The molecule has 2 aliphatic heterocycles. The van der Waals surface area contributed by atoms with Gasteiger partial charge in [-0.05, 0) is 43.7 Å². The zero-order chi connectivity index (χ0) is 28.8. The predicted molar refractivity (Wildman–Crippen MR) is 155 cm³/mol. The second kappa shape index (κ2) is 10.6. The summed E-state index contributed by atoms with van der Waals surface area (Å²) in [6.07, 6.45) is 8.98. The van der Waals surface area contributed by atoms with Crippen molar-refractivity contribution in [1.29, 1.82) is 5.26 Å². The third-order valence-corrected chi connectivity index (χ3v) is 8.09. The van der Waals surface area contributed by atoms with E-state index in [0.717, 1.165) is 42.1 Å². The molecule has 0 amide bonds. The Labute approximate surface area is 242 Å². The number of fused-ring (bicyclic) bond motifs is 3. The van der Waals surface area contributed by atoms with E-state index < -0.39 is 0 Å². The number of hydrogen-bond acceptors (Lipinski definition) is 8. The van der Waals surface area contributed by atoms with Gasteiger partial charge in [0.2, 0.25) is 0 Å². The lowest BCUT2D eigenvalue weighted by Crippen LogP contribution is -2.64. The molecule has 0 N–H and O–H groups in total. The van der Waals surface area contributed by atoms with Crippen molar-refractivity contribution in [1.82, 2.24) is 34.3 Å². The van der Waals surface area contributed by atoms with E-state index in [4.69, 9.17) is 14.7 Å². The number of anilines is 1. The van der Waals surface area contributed by atoms with Gasteiger partial charge in [-0.15, -0.1) is 0 Å². The Morgan fingerprint density at radius 3 is 2.43 bits per heavy atom. The highest BCUT2D eigenvalue weighted by molar-refractivity contribution is 5.83. The molecular weight excluding hydrogens is 533 g/mol. The predicted octanol–water partition coefficient (Wildman–Crippen LogP) is 4.34. The molecule has 0 radical (unpaired) electrons. The first-order chi connectivity index (χ1) is 20.5. The molecule has 2 saturated heterocycles. The van der Waals surface area contributed by atoms with E-state index in [1.807, 2.05) is 47.5 Å². The number of nitrogens with zero attached hydrogens (tertiary/aromatic N) is 9. The summed E-state index contributed by atoms with van der Waals surface area (Å²) in [4.78, 5) is 14.6. The normalized spacial score (nSPS) is 19.0. The van der Waals surface area contributed by atoms with Crippen molar-refractivity contribution in [3.05, 3.63) is 84.3 Å². The Bertz CT molecular complexity index is 1760. The average molecular weight is 564 g/mol. The third kappa shape index (κ3) is 4.78.